The van der Waals surface area contributed by atoms with Crippen LogP contribution in [0.25, 0.3) is 11.8 Å². The van der Waals surface area contributed by atoms with E-state index >= 15 is 0 Å². The molecule has 0 radical (unpaired) electrons. The zero-order chi connectivity index (χ0) is 26.7. The van der Waals surface area contributed by atoms with Gasteiger partial charge in [-0.2, -0.15) is 5.11 Å². The fourth-order valence-electron chi connectivity index (χ4n) is 4.10. The predicted octanol–water partition coefficient (Wildman–Crippen LogP) is 7.34. The summed E-state index contributed by atoms with van der Waals surface area (Å²) in [6, 6.07) is 12.9. The zero-order valence-corrected chi connectivity index (χ0v) is 20.8. The number of rotatable bonds is 5. The van der Waals surface area contributed by atoms with Crippen molar-refractivity contribution in [2.24, 2.45) is 15.2 Å². The quantitative estimate of drug-likeness (QED) is 0.161. The van der Waals surface area contributed by atoms with Crippen molar-refractivity contribution < 1.29 is 22.6 Å². The van der Waals surface area contributed by atoms with Gasteiger partial charge in [0.15, 0.2) is 0 Å². The molecule has 3 aromatic rings. The third-order valence-electron chi connectivity index (χ3n) is 5.74. The highest BCUT2D eigenvalue weighted by atomic mass is 32.1. The minimum atomic E-state index is -4.73. The molecule has 0 N–H and O–H groups in total. The number of alkyl halides is 3. The van der Waals surface area contributed by atoms with E-state index in [-0.39, 0.29) is 16.8 Å². The van der Waals surface area contributed by atoms with E-state index in [2.05, 4.69) is 37.6 Å². The lowest BCUT2D eigenvalue weighted by Gasteiger charge is -2.22. The maximum Gasteiger partial charge on any atom is 0.573 e. The molecular formula is C27H20F3N5O2S. The molecule has 0 aliphatic heterocycles. The smallest absolute Gasteiger partial charge is 0.494 e. The first-order chi connectivity index (χ1) is 18.3. The number of hydrogen-bond acceptors (Lipinski definition) is 5. The summed E-state index contributed by atoms with van der Waals surface area (Å²) in [5.41, 5.74) is 4.82. The van der Waals surface area contributed by atoms with Crippen molar-refractivity contribution >= 4 is 29.6 Å². The van der Waals surface area contributed by atoms with Crippen LogP contribution in [-0.4, -0.2) is 28.2 Å². The summed E-state index contributed by atoms with van der Waals surface area (Å²) in [6.07, 6.45) is 8.36. The van der Waals surface area contributed by atoms with Crippen LogP contribution in [0.3, 0.4) is 0 Å². The van der Waals surface area contributed by atoms with Gasteiger partial charge < -0.3 is 9.47 Å². The molecule has 1 aromatic heterocycles. The molecule has 2 aliphatic rings. The van der Waals surface area contributed by atoms with Gasteiger partial charge in [0, 0.05) is 11.6 Å². The van der Waals surface area contributed by atoms with Crippen LogP contribution in [0.1, 0.15) is 17.3 Å². The van der Waals surface area contributed by atoms with Crippen molar-refractivity contribution in [2.75, 3.05) is 7.11 Å². The van der Waals surface area contributed by atoms with Crippen LogP contribution in [0.5, 0.6) is 11.5 Å². The average Bonchev–Trinajstić information content (AvgIpc) is 3.33. The monoisotopic (exact) mass is 535 g/mol. The third-order valence-corrected chi connectivity index (χ3v) is 5.93. The number of ether oxygens (including phenoxy) is 2. The predicted molar refractivity (Wildman–Crippen MR) is 141 cm³/mol. The van der Waals surface area contributed by atoms with E-state index < -0.39 is 6.36 Å². The first kappa shape index (κ1) is 25.3. The molecule has 0 amide bonds. The van der Waals surface area contributed by atoms with Gasteiger partial charge in [0.25, 0.3) is 0 Å². The first-order valence-corrected chi connectivity index (χ1v) is 11.8. The summed E-state index contributed by atoms with van der Waals surface area (Å²) < 4.78 is 48.4. The van der Waals surface area contributed by atoms with Gasteiger partial charge in [-0.25, -0.2) is 9.98 Å². The van der Waals surface area contributed by atoms with Crippen LogP contribution in [0, 0.1) is 0 Å². The maximum atomic E-state index is 12.4. The Labute approximate surface area is 221 Å². The molecule has 2 aliphatic carbocycles. The lowest BCUT2D eigenvalue weighted by Crippen LogP contribution is -2.17. The highest BCUT2D eigenvalue weighted by Crippen LogP contribution is 2.38. The largest absolute Gasteiger partial charge is 0.573 e. The van der Waals surface area contributed by atoms with E-state index in [0.717, 1.165) is 22.5 Å². The van der Waals surface area contributed by atoms with Gasteiger partial charge in [-0.3, -0.25) is 4.57 Å². The lowest BCUT2D eigenvalue weighted by molar-refractivity contribution is -0.274. The number of allylic oxidation sites excluding steroid dienone is 6. The fourth-order valence-corrected chi connectivity index (χ4v) is 4.25. The molecule has 7 nitrogen and oxygen atoms in total. The molecule has 2 aromatic carbocycles. The van der Waals surface area contributed by atoms with Crippen LogP contribution in [0.2, 0.25) is 0 Å². The summed E-state index contributed by atoms with van der Waals surface area (Å²) >= 11 is 4.28. The van der Waals surface area contributed by atoms with Crippen LogP contribution in [0.4, 0.5) is 18.9 Å². The Kier molecular flexibility index (Phi) is 7.01. The van der Waals surface area contributed by atoms with E-state index in [1.54, 1.807) is 43.9 Å². The molecule has 192 valence electrons. The summed E-state index contributed by atoms with van der Waals surface area (Å²) in [7, 11) is 1.57. The molecule has 38 heavy (non-hydrogen) atoms. The number of methoxy groups -OCH3 is 1. The number of halogens is 3. The number of thiol groups is 1. The van der Waals surface area contributed by atoms with Gasteiger partial charge in [0.1, 0.15) is 23.5 Å². The number of imidazole rings is 1. The number of aliphatic imine (C=N–C) groups is 1. The van der Waals surface area contributed by atoms with Crippen LogP contribution in [0.15, 0.2) is 112 Å². The van der Waals surface area contributed by atoms with E-state index in [1.807, 2.05) is 47.1 Å². The van der Waals surface area contributed by atoms with Crippen LogP contribution >= 0.6 is 12.6 Å². The Hall–Kier alpha value is -4.38. The molecule has 1 unspecified atom stereocenters. The number of nitrogens with zero attached hydrogens (tertiary/aromatic N) is 5. The Morgan fingerprint density at radius 1 is 1.08 bits per heavy atom. The molecule has 0 bridgehead atoms. The number of amidine groups is 1. The second-order valence-corrected chi connectivity index (χ2v) is 8.57. The molecular weight excluding hydrogens is 515 g/mol. The standard InChI is InChI=1S/C27H20F3N5O2S/c1-36-24-5-3-2-4-22(24)33-26(38)34-32-15-17-6-12-21-18(14-17)7-13-23-25(21)31-16-35(23)19-8-10-20(11-9-19)37-27(28,29)30/h2-16,21H,1H3,(H,33,38). The highest BCUT2D eigenvalue weighted by molar-refractivity contribution is 7.96. The number of aromatic nitrogens is 2. The Morgan fingerprint density at radius 2 is 1.87 bits per heavy atom. The number of benzene rings is 2. The molecule has 0 saturated heterocycles. The van der Waals surface area contributed by atoms with Gasteiger partial charge in [-0.05, 0) is 59.7 Å². The molecule has 0 spiro atoms. The van der Waals surface area contributed by atoms with Gasteiger partial charge in [-0.15, -0.1) is 30.9 Å². The summed E-state index contributed by atoms with van der Waals surface area (Å²) in [5.74, 6) is 0.265. The molecule has 5 rings (SSSR count). The highest BCUT2D eigenvalue weighted by Gasteiger charge is 2.31. The average molecular weight is 536 g/mol. The van der Waals surface area contributed by atoms with Gasteiger partial charge in [0.2, 0.25) is 5.17 Å². The van der Waals surface area contributed by atoms with E-state index in [9.17, 15) is 13.2 Å². The van der Waals surface area contributed by atoms with Crippen LogP contribution < -0.4 is 9.47 Å². The van der Waals surface area contributed by atoms with Crippen molar-refractivity contribution in [3.63, 3.8) is 0 Å². The minimum Gasteiger partial charge on any atom is -0.494 e. The fraction of sp³-hybridized carbons (Fsp3) is 0.111. The van der Waals surface area contributed by atoms with Gasteiger partial charge in [-0.1, -0.05) is 30.4 Å². The number of azo groups is 1. The van der Waals surface area contributed by atoms with E-state index in [0.29, 0.717) is 17.1 Å². The second kappa shape index (κ2) is 10.5. The second-order valence-electron chi connectivity index (χ2n) is 8.17. The normalized spacial score (nSPS) is 17.9. The maximum absolute atomic E-state index is 12.4. The third kappa shape index (κ3) is 5.62. The van der Waals surface area contributed by atoms with Crippen molar-refractivity contribution in [3.8, 4) is 17.2 Å². The van der Waals surface area contributed by atoms with Crippen LogP contribution in [-0.2, 0) is 0 Å². The molecule has 11 heteroatoms. The summed E-state index contributed by atoms with van der Waals surface area (Å²) in [6.45, 7) is 0. The minimum absolute atomic E-state index is 0.0641. The Bertz CT molecular complexity index is 1530. The van der Waals surface area contributed by atoms with Crippen molar-refractivity contribution in [1.29, 1.82) is 0 Å². The van der Waals surface area contributed by atoms with E-state index in [1.165, 1.54) is 12.1 Å². The topological polar surface area (TPSA) is 73.4 Å². The SMILES string of the molecule is COc1ccccc1N=C(S)N=NC=C1C=CC2C(=C1)C=Cc1c2ncn1-c1ccc(OC(F)(F)F)cc1. The number of hydrogen-bond donors (Lipinski definition) is 1. The first-order valence-electron chi connectivity index (χ1n) is 11.3. The molecule has 0 fully saturated rings. The van der Waals surface area contributed by atoms with Gasteiger partial charge in [0.05, 0.1) is 24.7 Å². The molecule has 1 atom stereocenters. The Morgan fingerprint density at radius 3 is 2.63 bits per heavy atom. The van der Waals surface area contributed by atoms with E-state index in [4.69, 9.17) is 4.74 Å². The van der Waals surface area contributed by atoms with Crippen molar-refractivity contribution in [2.45, 2.75) is 12.3 Å². The zero-order valence-electron chi connectivity index (χ0n) is 19.9. The van der Waals surface area contributed by atoms with Gasteiger partial charge >= 0.3 is 6.36 Å². The number of fused-ring (bicyclic) bond motifs is 3. The Balaban J connectivity index is 1.31. The number of para-hydroxylation sites is 2. The van der Waals surface area contributed by atoms with Crippen molar-refractivity contribution in [1.82, 2.24) is 9.55 Å². The lowest BCUT2D eigenvalue weighted by atomic mass is 9.84. The molecule has 0 saturated carbocycles. The summed E-state index contributed by atoms with van der Waals surface area (Å²) in [5, 5.41) is 8.31. The molecule has 1 heterocycles. The van der Waals surface area contributed by atoms with Crippen molar-refractivity contribution in [3.05, 3.63) is 108 Å². The summed E-state index contributed by atoms with van der Waals surface area (Å²) in [4.78, 5) is 8.88.